The molecule has 1 saturated heterocycles. The Morgan fingerprint density at radius 2 is 1.81 bits per heavy atom. The largest absolute Gasteiger partial charge is 0.449 e. The zero-order valence-electron chi connectivity index (χ0n) is 14.4. The fourth-order valence-electron chi connectivity index (χ4n) is 3.05. The van der Waals surface area contributed by atoms with Gasteiger partial charge in [-0.15, -0.1) is 0 Å². The first-order chi connectivity index (χ1) is 13.1. The Balaban J connectivity index is 1.72. The molecule has 0 saturated carbocycles. The summed E-state index contributed by atoms with van der Waals surface area (Å²) in [4.78, 5) is 27.4. The molecule has 27 heavy (non-hydrogen) atoms. The zero-order chi connectivity index (χ0) is 18.8. The van der Waals surface area contributed by atoms with Gasteiger partial charge in [0.2, 0.25) is 5.76 Å². The smallest absolute Gasteiger partial charge is 0.291 e. The Kier molecular flexibility index (Phi) is 4.96. The highest BCUT2D eigenvalue weighted by atomic mass is 79.9. The summed E-state index contributed by atoms with van der Waals surface area (Å²) in [7, 11) is 0. The van der Waals surface area contributed by atoms with Gasteiger partial charge in [-0.05, 0) is 30.3 Å². The van der Waals surface area contributed by atoms with Crippen molar-refractivity contribution in [3.63, 3.8) is 0 Å². The van der Waals surface area contributed by atoms with Gasteiger partial charge in [-0.1, -0.05) is 34.1 Å². The van der Waals surface area contributed by atoms with Gasteiger partial charge >= 0.3 is 0 Å². The molecule has 0 spiro atoms. The van der Waals surface area contributed by atoms with Crippen molar-refractivity contribution < 1.29 is 18.7 Å². The van der Waals surface area contributed by atoms with E-state index in [1.54, 1.807) is 29.2 Å². The number of amides is 2. The quantitative estimate of drug-likeness (QED) is 0.685. The SMILES string of the molecule is O=C(Nc1c(C(=O)N2CCOCC2)oc2ccccc12)c1cccc(Br)c1. The van der Waals surface area contributed by atoms with Gasteiger partial charge in [0.1, 0.15) is 11.3 Å². The lowest BCUT2D eigenvalue weighted by atomic mass is 10.1. The summed E-state index contributed by atoms with van der Waals surface area (Å²) < 4.78 is 11.9. The molecule has 2 heterocycles. The van der Waals surface area contributed by atoms with Crippen LogP contribution >= 0.6 is 15.9 Å². The van der Waals surface area contributed by atoms with Crippen LogP contribution in [0.1, 0.15) is 20.9 Å². The van der Waals surface area contributed by atoms with Crippen LogP contribution in [0.25, 0.3) is 11.0 Å². The molecular weight excluding hydrogens is 412 g/mol. The second kappa shape index (κ2) is 7.54. The molecule has 1 aliphatic rings. The van der Waals surface area contributed by atoms with Gasteiger partial charge in [0.15, 0.2) is 0 Å². The zero-order valence-corrected chi connectivity index (χ0v) is 16.0. The summed E-state index contributed by atoms with van der Waals surface area (Å²) in [5.41, 5.74) is 1.44. The normalized spacial score (nSPS) is 14.3. The number of morpholine rings is 1. The maximum atomic E-state index is 13.0. The number of benzene rings is 2. The van der Waals surface area contributed by atoms with Crippen LogP contribution in [-0.2, 0) is 4.74 Å². The van der Waals surface area contributed by atoms with E-state index in [-0.39, 0.29) is 17.6 Å². The monoisotopic (exact) mass is 428 g/mol. The lowest BCUT2D eigenvalue weighted by molar-refractivity contribution is 0.0285. The topological polar surface area (TPSA) is 71.8 Å². The van der Waals surface area contributed by atoms with E-state index >= 15 is 0 Å². The second-order valence-corrected chi connectivity index (χ2v) is 7.09. The predicted molar refractivity (Wildman–Crippen MR) is 105 cm³/mol. The fraction of sp³-hybridized carbons (Fsp3) is 0.200. The molecule has 1 N–H and O–H groups in total. The number of hydrogen-bond acceptors (Lipinski definition) is 4. The van der Waals surface area contributed by atoms with Crippen molar-refractivity contribution in [2.24, 2.45) is 0 Å². The Morgan fingerprint density at radius 3 is 2.59 bits per heavy atom. The van der Waals surface area contributed by atoms with E-state index < -0.39 is 0 Å². The average molecular weight is 429 g/mol. The van der Waals surface area contributed by atoms with Gasteiger partial charge < -0.3 is 19.4 Å². The Morgan fingerprint density at radius 1 is 1.04 bits per heavy atom. The Bertz CT molecular complexity index is 1010. The molecule has 7 heteroatoms. The number of fused-ring (bicyclic) bond motifs is 1. The van der Waals surface area contributed by atoms with Gasteiger partial charge in [0.25, 0.3) is 11.8 Å². The number of nitrogens with one attached hydrogen (secondary N) is 1. The third-order valence-corrected chi connectivity index (χ3v) is 4.91. The van der Waals surface area contributed by atoms with Crippen LogP contribution < -0.4 is 5.32 Å². The summed E-state index contributed by atoms with van der Waals surface area (Å²) >= 11 is 3.37. The van der Waals surface area contributed by atoms with E-state index in [4.69, 9.17) is 9.15 Å². The maximum Gasteiger partial charge on any atom is 0.291 e. The van der Waals surface area contributed by atoms with Gasteiger partial charge in [0, 0.05) is 28.5 Å². The first-order valence-electron chi connectivity index (χ1n) is 8.59. The molecule has 2 aromatic carbocycles. The molecule has 0 bridgehead atoms. The van der Waals surface area contributed by atoms with Gasteiger partial charge in [-0.3, -0.25) is 9.59 Å². The summed E-state index contributed by atoms with van der Waals surface area (Å²) in [6, 6.07) is 14.3. The van der Waals surface area contributed by atoms with Crippen molar-refractivity contribution in [2.45, 2.75) is 0 Å². The molecular formula is C20H17BrN2O4. The molecule has 3 aromatic rings. The molecule has 1 aliphatic heterocycles. The third-order valence-electron chi connectivity index (χ3n) is 4.41. The first-order valence-corrected chi connectivity index (χ1v) is 9.38. The summed E-state index contributed by atoms with van der Waals surface area (Å²) in [5, 5.41) is 3.56. The molecule has 4 rings (SSSR count). The number of carbonyl (C=O) groups is 2. The number of furan rings is 1. The van der Waals surface area contributed by atoms with Crippen LogP contribution in [0, 0.1) is 0 Å². The molecule has 0 atom stereocenters. The lowest BCUT2D eigenvalue weighted by Crippen LogP contribution is -2.40. The minimum Gasteiger partial charge on any atom is -0.449 e. The Labute approximate surface area is 164 Å². The molecule has 1 aromatic heterocycles. The van der Waals surface area contributed by atoms with E-state index in [1.165, 1.54) is 0 Å². The molecule has 1 fully saturated rings. The first kappa shape index (κ1) is 17.8. The predicted octanol–water partition coefficient (Wildman–Crippen LogP) is 3.92. The minimum atomic E-state index is -0.307. The number of nitrogens with zero attached hydrogens (tertiary/aromatic N) is 1. The highest BCUT2D eigenvalue weighted by Crippen LogP contribution is 2.32. The number of anilines is 1. The van der Waals surface area contributed by atoms with Crippen molar-refractivity contribution in [1.82, 2.24) is 4.90 Å². The van der Waals surface area contributed by atoms with Crippen LogP contribution in [0.15, 0.2) is 57.4 Å². The average Bonchev–Trinajstić information content (AvgIpc) is 3.06. The van der Waals surface area contributed by atoms with Crippen molar-refractivity contribution in [2.75, 3.05) is 31.6 Å². The van der Waals surface area contributed by atoms with Gasteiger partial charge in [-0.25, -0.2) is 0 Å². The highest BCUT2D eigenvalue weighted by molar-refractivity contribution is 9.10. The van der Waals surface area contributed by atoms with Gasteiger partial charge in [-0.2, -0.15) is 0 Å². The van der Waals surface area contributed by atoms with Crippen molar-refractivity contribution in [3.8, 4) is 0 Å². The van der Waals surface area contributed by atoms with E-state index in [0.29, 0.717) is 48.5 Å². The molecule has 2 amide bonds. The van der Waals surface area contributed by atoms with E-state index in [0.717, 1.165) is 4.47 Å². The van der Waals surface area contributed by atoms with Crippen LogP contribution in [0.2, 0.25) is 0 Å². The standard InChI is InChI=1S/C20H17BrN2O4/c21-14-5-3-4-13(12-14)19(24)22-17-15-6-1-2-7-16(15)27-18(17)20(25)23-8-10-26-11-9-23/h1-7,12H,8-11H2,(H,22,24). The molecule has 0 unspecified atom stereocenters. The van der Waals surface area contributed by atoms with E-state index in [9.17, 15) is 9.59 Å². The lowest BCUT2D eigenvalue weighted by Gasteiger charge is -2.26. The number of rotatable bonds is 3. The van der Waals surface area contributed by atoms with Crippen molar-refractivity contribution in [1.29, 1.82) is 0 Å². The number of para-hydroxylation sites is 1. The summed E-state index contributed by atoms with van der Waals surface area (Å²) in [6.45, 7) is 1.97. The van der Waals surface area contributed by atoms with Crippen LogP contribution in [0.3, 0.4) is 0 Å². The fourth-order valence-corrected chi connectivity index (χ4v) is 3.44. The number of halogens is 1. The summed E-state index contributed by atoms with van der Waals surface area (Å²) in [6.07, 6.45) is 0. The number of hydrogen-bond donors (Lipinski definition) is 1. The highest BCUT2D eigenvalue weighted by Gasteiger charge is 2.27. The van der Waals surface area contributed by atoms with Crippen molar-refractivity contribution in [3.05, 3.63) is 64.3 Å². The van der Waals surface area contributed by atoms with Crippen LogP contribution in [0.5, 0.6) is 0 Å². The number of ether oxygens (including phenoxy) is 1. The van der Waals surface area contributed by atoms with Gasteiger partial charge in [0.05, 0.1) is 13.2 Å². The molecule has 138 valence electrons. The number of carbonyl (C=O) groups excluding carboxylic acids is 2. The van der Waals surface area contributed by atoms with Crippen LogP contribution in [-0.4, -0.2) is 43.0 Å². The van der Waals surface area contributed by atoms with E-state index in [2.05, 4.69) is 21.2 Å². The molecule has 6 nitrogen and oxygen atoms in total. The minimum absolute atomic E-state index is 0.140. The summed E-state index contributed by atoms with van der Waals surface area (Å²) in [5.74, 6) is -0.417. The van der Waals surface area contributed by atoms with E-state index in [1.807, 2.05) is 24.3 Å². The Hall–Kier alpha value is -2.64. The molecule has 0 aliphatic carbocycles. The molecule has 0 radical (unpaired) electrons. The van der Waals surface area contributed by atoms with Crippen LogP contribution in [0.4, 0.5) is 5.69 Å². The maximum absolute atomic E-state index is 13.0. The third kappa shape index (κ3) is 3.61. The second-order valence-electron chi connectivity index (χ2n) is 6.17. The van der Waals surface area contributed by atoms with Crippen molar-refractivity contribution >= 4 is 44.4 Å².